The highest BCUT2D eigenvalue weighted by Crippen LogP contribution is 2.34. The largest absolute Gasteiger partial charge is 0.443 e. The third kappa shape index (κ3) is 8.30. The molecule has 260 valence electrons. The van der Waals surface area contributed by atoms with Gasteiger partial charge in [0.05, 0.1) is 12.1 Å². The van der Waals surface area contributed by atoms with E-state index in [2.05, 4.69) is 0 Å². The van der Waals surface area contributed by atoms with Gasteiger partial charge in [-0.3, -0.25) is 28.8 Å². The standard InChI is InChI=1S/2C12H19NO4.C8H14N2O2/c2*1-7-8(14)12(5,6)9(15)13(7)10(16)17-11(2,3)4;1-5-7(11)10(4)6(2)8(12)9(5)3/h2*7H,1-6H3;5-6H,1-4H3/t2*7-;5-,6-/m000/s1. The van der Waals surface area contributed by atoms with Crippen molar-refractivity contribution < 1.29 is 47.8 Å². The zero-order valence-corrected chi connectivity index (χ0v) is 30.2. The SMILES string of the molecule is C[C@H]1C(=O)C(C)(C)C(=O)N1C(=O)OC(C)(C)C.C[C@H]1C(=O)C(C)(C)C(=O)N1C(=O)OC(C)(C)C.C[C@H]1C(=O)N(C)[C@@H](C)C(=O)N1C. The number of amides is 6. The van der Waals surface area contributed by atoms with Gasteiger partial charge in [0.25, 0.3) is 0 Å². The van der Waals surface area contributed by atoms with Crippen LogP contribution in [0.1, 0.15) is 96.9 Å². The molecule has 0 saturated carbocycles. The molecule has 0 aromatic carbocycles. The average Bonchev–Trinajstić information content (AvgIpc) is 3.16. The van der Waals surface area contributed by atoms with Crippen molar-refractivity contribution in [3.63, 3.8) is 0 Å². The fourth-order valence-corrected chi connectivity index (χ4v) is 4.85. The molecule has 0 spiro atoms. The van der Waals surface area contributed by atoms with Crippen molar-refractivity contribution in [3.8, 4) is 0 Å². The molecule has 0 radical (unpaired) electrons. The molecule has 6 amide bonds. The van der Waals surface area contributed by atoms with Crippen LogP contribution >= 0.6 is 0 Å². The minimum atomic E-state index is -1.14. The molecule has 3 fully saturated rings. The number of ketones is 2. The highest BCUT2D eigenvalue weighted by Gasteiger charge is 2.55. The van der Waals surface area contributed by atoms with E-state index < -0.39 is 58.1 Å². The fraction of sp³-hybridized carbons (Fsp3) is 0.750. The first-order valence-corrected chi connectivity index (χ1v) is 15.2. The molecule has 3 aliphatic rings. The van der Waals surface area contributed by atoms with Crippen LogP contribution in [0.25, 0.3) is 0 Å². The monoisotopic (exact) mass is 652 g/mol. The Hall–Kier alpha value is -3.84. The number of carbonyl (C=O) groups excluding carboxylic acids is 8. The molecule has 3 heterocycles. The zero-order valence-electron chi connectivity index (χ0n) is 30.2. The Balaban J connectivity index is 0.000000351. The highest BCUT2D eigenvalue weighted by molar-refractivity contribution is 6.19. The number of piperazine rings is 1. The highest BCUT2D eigenvalue weighted by atomic mass is 16.6. The van der Waals surface area contributed by atoms with E-state index in [0.29, 0.717) is 0 Å². The number of likely N-dealkylation sites (N-methyl/N-ethyl adjacent to an activating group) is 2. The first-order chi connectivity index (χ1) is 20.4. The Morgan fingerprint density at radius 1 is 0.543 bits per heavy atom. The third-order valence-corrected chi connectivity index (χ3v) is 8.02. The number of hydrogen-bond donors (Lipinski definition) is 0. The van der Waals surface area contributed by atoms with Crippen molar-refractivity contribution >= 4 is 47.4 Å². The van der Waals surface area contributed by atoms with Gasteiger partial charge in [-0.05, 0) is 96.9 Å². The van der Waals surface area contributed by atoms with E-state index in [1.807, 2.05) is 0 Å². The second kappa shape index (κ2) is 13.5. The van der Waals surface area contributed by atoms with Gasteiger partial charge in [-0.15, -0.1) is 0 Å². The normalized spacial score (nSPS) is 26.0. The lowest BCUT2D eigenvalue weighted by Gasteiger charge is -2.38. The molecule has 0 aromatic heterocycles. The van der Waals surface area contributed by atoms with Gasteiger partial charge in [0.15, 0.2) is 11.6 Å². The second-order valence-corrected chi connectivity index (χ2v) is 14.9. The van der Waals surface area contributed by atoms with Crippen LogP contribution in [0.5, 0.6) is 0 Å². The van der Waals surface area contributed by atoms with Crippen molar-refractivity contribution in [1.82, 2.24) is 19.6 Å². The number of carbonyl (C=O) groups is 8. The van der Waals surface area contributed by atoms with Crippen LogP contribution in [0, 0.1) is 10.8 Å². The van der Waals surface area contributed by atoms with E-state index in [9.17, 15) is 38.4 Å². The Bertz CT molecular complexity index is 1170. The number of Topliss-reactive ketones (excluding diaryl/α,β-unsaturated/α-hetero) is 2. The molecule has 0 aliphatic carbocycles. The number of nitrogens with zero attached hydrogens (tertiary/aromatic N) is 4. The summed E-state index contributed by atoms with van der Waals surface area (Å²) in [5, 5.41) is 0. The van der Waals surface area contributed by atoms with E-state index in [-0.39, 0.29) is 35.5 Å². The Morgan fingerprint density at radius 3 is 0.957 bits per heavy atom. The molecule has 3 rings (SSSR count). The number of imide groups is 2. The lowest BCUT2D eigenvalue weighted by molar-refractivity contribution is -0.156. The predicted octanol–water partition coefficient (Wildman–Crippen LogP) is 3.19. The summed E-state index contributed by atoms with van der Waals surface area (Å²) >= 11 is 0. The van der Waals surface area contributed by atoms with Gasteiger partial charge in [0.1, 0.15) is 34.1 Å². The predicted molar refractivity (Wildman–Crippen MR) is 167 cm³/mol. The molecule has 0 N–H and O–H groups in total. The van der Waals surface area contributed by atoms with Crippen molar-refractivity contribution in [1.29, 1.82) is 0 Å². The molecule has 3 saturated heterocycles. The van der Waals surface area contributed by atoms with Gasteiger partial charge in [-0.2, -0.15) is 0 Å². The summed E-state index contributed by atoms with van der Waals surface area (Å²) in [5.74, 6) is -1.50. The second-order valence-electron chi connectivity index (χ2n) is 14.9. The van der Waals surface area contributed by atoms with Gasteiger partial charge in [0.2, 0.25) is 23.6 Å². The lowest BCUT2D eigenvalue weighted by Crippen LogP contribution is -2.60. The van der Waals surface area contributed by atoms with E-state index in [0.717, 1.165) is 9.80 Å². The van der Waals surface area contributed by atoms with Crippen molar-refractivity contribution in [3.05, 3.63) is 0 Å². The molecular formula is C32H52N4O10. The van der Waals surface area contributed by atoms with Gasteiger partial charge in [-0.25, -0.2) is 19.4 Å². The summed E-state index contributed by atoms with van der Waals surface area (Å²) in [6, 6.07) is -2.16. The Kier molecular flexibility index (Phi) is 11.8. The van der Waals surface area contributed by atoms with Gasteiger partial charge in [0, 0.05) is 14.1 Å². The van der Waals surface area contributed by atoms with Crippen molar-refractivity contribution in [2.45, 2.75) is 132 Å². The Morgan fingerprint density at radius 2 is 0.783 bits per heavy atom. The summed E-state index contributed by atoms with van der Waals surface area (Å²) < 4.78 is 10.2. The number of hydrogen-bond acceptors (Lipinski definition) is 10. The first-order valence-electron chi connectivity index (χ1n) is 15.2. The molecule has 0 aromatic rings. The van der Waals surface area contributed by atoms with E-state index >= 15 is 0 Å². The number of likely N-dealkylation sites (tertiary alicyclic amines) is 2. The summed E-state index contributed by atoms with van der Waals surface area (Å²) in [7, 11) is 3.32. The molecule has 14 heteroatoms. The van der Waals surface area contributed by atoms with Crippen molar-refractivity contribution in [2.75, 3.05) is 14.1 Å². The maximum Gasteiger partial charge on any atom is 0.417 e. The fourth-order valence-electron chi connectivity index (χ4n) is 4.85. The van der Waals surface area contributed by atoms with Crippen LogP contribution in [-0.4, -0.2) is 116 Å². The summed E-state index contributed by atoms with van der Waals surface area (Å²) in [4.78, 5) is 99.0. The molecule has 4 atom stereocenters. The quantitative estimate of drug-likeness (QED) is 0.355. The molecular weight excluding hydrogens is 600 g/mol. The van der Waals surface area contributed by atoms with Gasteiger partial charge in [-0.1, -0.05) is 0 Å². The Labute approximate surface area is 272 Å². The van der Waals surface area contributed by atoms with Crippen LogP contribution < -0.4 is 0 Å². The van der Waals surface area contributed by atoms with E-state index in [4.69, 9.17) is 9.47 Å². The van der Waals surface area contributed by atoms with Crippen LogP contribution in [0.15, 0.2) is 0 Å². The number of ether oxygens (including phenoxy) is 2. The van der Waals surface area contributed by atoms with Gasteiger partial charge >= 0.3 is 12.2 Å². The van der Waals surface area contributed by atoms with E-state index in [1.165, 1.54) is 37.5 Å². The van der Waals surface area contributed by atoms with Crippen LogP contribution in [-0.2, 0) is 38.2 Å². The minimum Gasteiger partial charge on any atom is -0.443 e. The smallest absolute Gasteiger partial charge is 0.417 e. The maximum absolute atomic E-state index is 12.0. The third-order valence-electron chi connectivity index (χ3n) is 8.02. The first kappa shape index (κ1) is 40.2. The van der Waals surface area contributed by atoms with Crippen LogP contribution in [0.2, 0.25) is 0 Å². The summed E-state index contributed by atoms with van der Waals surface area (Å²) in [6.45, 7) is 22.9. The lowest BCUT2D eigenvalue weighted by atomic mass is 9.89. The zero-order chi connectivity index (χ0) is 36.7. The molecule has 3 aliphatic heterocycles. The minimum absolute atomic E-state index is 0.00426. The molecule has 0 unspecified atom stereocenters. The summed E-state index contributed by atoms with van der Waals surface area (Å²) in [6.07, 6.45) is -1.51. The van der Waals surface area contributed by atoms with Crippen molar-refractivity contribution in [2.24, 2.45) is 10.8 Å². The maximum atomic E-state index is 12.0. The number of rotatable bonds is 0. The van der Waals surface area contributed by atoms with Crippen LogP contribution in [0.3, 0.4) is 0 Å². The van der Waals surface area contributed by atoms with Gasteiger partial charge < -0.3 is 19.3 Å². The van der Waals surface area contributed by atoms with Crippen LogP contribution in [0.4, 0.5) is 9.59 Å². The average molecular weight is 653 g/mol. The summed E-state index contributed by atoms with van der Waals surface area (Å²) in [5.41, 5.74) is -3.66. The van der Waals surface area contributed by atoms with E-state index in [1.54, 1.807) is 83.3 Å². The molecule has 14 nitrogen and oxygen atoms in total. The topological polar surface area (TPSA) is 168 Å². The molecule has 46 heavy (non-hydrogen) atoms. The molecule has 0 bridgehead atoms.